The average molecular weight is 564 g/mol. The molecule has 1 aromatic carbocycles. The van der Waals surface area contributed by atoms with Gasteiger partial charge in [0.15, 0.2) is 5.96 Å². The van der Waals surface area contributed by atoms with Gasteiger partial charge in [0, 0.05) is 44.7 Å². The number of benzene rings is 1. The van der Waals surface area contributed by atoms with Crippen molar-refractivity contribution in [2.24, 2.45) is 10.9 Å². The summed E-state index contributed by atoms with van der Waals surface area (Å²) in [6.07, 6.45) is -2.87. The van der Waals surface area contributed by atoms with E-state index in [0.717, 1.165) is 25.0 Å². The monoisotopic (exact) mass is 564 g/mol. The van der Waals surface area contributed by atoms with Gasteiger partial charge in [-0.05, 0) is 31.0 Å². The van der Waals surface area contributed by atoms with E-state index in [1.165, 1.54) is 6.07 Å². The maximum absolute atomic E-state index is 12.8. The number of guanidine groups is 1. The van der Waals surface area contributed by atoms with Gasteiger partial charge in [-0.2, -0.15) is 13.2 Å². The Labute approximate surface area is 203 Å². The highest BCUT2D eigenvalue weighted by molar-refractivity contribution is 14.0. The first-order valence-electron chi connectivity index (χ1n) is 10.4. The number of alkyl halides is 3. The Morgan fingerprint density at radius 3 is 2.50 bits per heavy atom. The molecule has 2 heterocycles. The summed E-state index contributed by atoms with van der Waals surface area (Å²) in [7, 11) is 1.67. The molecule has 10 heteroatoms. The Morgan fingerprint density at radius 1 is 1.19 bits per heavy atom. The molecule has 2 aliphatic heterocycles. The third-order valence-electron chi connectivity index (χ3n) is 5.44. The topological polar surface area (TPSA) is 57.2 Å². The smallest absolute Gasteiger partial charge is 0.378 e. The zero-order valence-corrected chi connectivity index (χ0v) is 20.3. The van der Waals surface area contributed by atoms with Gasteiger partial charge < -0.3 is 19.9 Å². The summed E-state index contributed by atoms with van der Waals surface area (Å²) in [6.45, 7) is 4.20. The maximum atomic E-state index is 12.8. The van der Waals surface area contributed by atoms with Crippen molar-refractivity contribution < 1.29 is 22.7 Å². The van der Waals surface area contributed by atoms with Crippen molar-refractivity contribution in [3.05, 3.63) is 35.4 Å². The minimum Gasteiger partial charge on any atom is -0.378 e. The van der Waals surface area contributed by atoms with Crippen LogP contribution in [-0.4, -0.2) is 74.7 Å². The molecular weight excluding hydrogens is 536 g/mol. The van der Waals surface area contributed by atoms with E-state index in [2.05, 4.69) is 27.0 Å². The summed E-state index contributed by atoms with van der Waals surface area (Å²) < 4.78 is 43.7. The van der Waals surface area contributed by atoms with Gasteiger partial charge in [0.1, 0.15) is 0 Å². The third kappa shape index (κ3) is 7.27. The van der Waals surface area contributed by atoms with E-state index in [4.69, 9.17) is 4.74 Å². The molecule has 1 aromatic rings. The van der Waals surface area contributed by atoms with Crippen LogP contribution in [-0.2, 0) is 15.7 Å². The van der Waals surface area contributed by atoms with Gasteiger partial charge in [-0.15, -0.1) is 24.0 Å². The van der Waals surface area contributed by atoms with E-state index in [1.807, 2.05) is 4.90 Å². The lowest BCUT2D eigenvalue weighted by Gasteiger charge is -2.36. The van der Waals surface area contributed by atoms with E-state index < -0.39 is 11.7 Å². The summed E-state index contributed by atoms with van der Waals surface area (Å²) in [5.41, 5.74) is -0.397. The summed E-state index contributed by atoms with van der Waals surface area (Å²) in [5, 5.41) is 3.13. The van der Waals surface area contributed by atoms with Crippen LogP contribution in [0.5, 0.6) is 0 Å². The summed E-state index contributed by atoms with van der Waals surface area (Å²) in [5.74, 6) is 6.50. The number of likely N-dealkylation sites (tertiary alicyclic amines) is 1. The van der Waals surface area contributed by atoms with E-state index in [-0.39, 0.29) is 42.3 Å². The normalized spacial score (nSPS) is 17.8. The lowest BCUT2D eigenvalue weighted by Crippen LogP contribution is -2.50. The predicted octanol–water partition coefficient (Wildman–Crippen LogP) is 2.82. The van der Waals surface area contributed by atoms with Crippen LogP contribution in [0.15, 0.2) is 29.3 Å². The average Bonchev–Trinajstić information content (AvgIpc) is 2.79. The molecule has 1 N–H and O–H groups in total. The van der Waals surface area contributed by atoms with Crippen molar-refractivity contribution in [3.8, 4) is 11.8 Å². The maximum Gasteiger partial charge on any atom is 0.416 e. The zero-order valence-electron chi connectivity index (χ0n) is 18.0. The van der Waals surface area contributed by atoms with Crippen LogP contribution in [0.1, 0.15) is 24.0 Å². The summed E-state index contributed by atoms with van der Waals surface area (Å²) >= 11 is 0. The molecule has 0 radical (unpaired) electrons. The highest BCUT2D eigenvalue weighted by atomic mass is 127. The van der Waals surface area contributed by atoms with Crippen LogP contribution < -0.4 is 5.32 Å². The second-order valence-electron chi connectivity index (χ2n) is 7.48. The molecule has 0 atom stereocenters. The second kappa shape index (κ2) is 12.3. The number of nitrogens with one attached hydrogen (secondary N) is 1. The van der Waals surface area contributed by atoms with Gasteiger partial charge in [0.25, 0.3) is 0 Å². The molecule has 3 rings (SSSR count). The van der Waals surface area contributed by atoms with Crippen molar-refractivity contribution in [1.29, 1.82) is 0 Å². The Hall–Kier alpha value is -2.00. The number of hydrogen-bond acceptors (Lipinski definition) is 3. The van der Waals surface area contributed by atoms with Crippen LogP contribution in [0.3, 0.4) is 0 Å². The van der Waals surface area contributed by atoms with Crippen molar-refractivity contribution in [3.63, 3.8) is 0 Å². The van der Waals surface area contributed by atoms with Crippen LogP contribution in [0.2, 0.25) is 0 Å². The van der Waals surface area contributed by atoms with Crippen LogP contribution in [0.4, 0.5) is 13.2 Å². The minimum atomic E-state index is -4.38. The molecule has 2 fully saturated rings. The Bertz CT molecular complexity index is 853. The molecule has 0 spiro atoms. The van der Waals surface area contributed by atoms with E-state index in [1.54, 1.807) is 13.1 Å². The van der Waals surface area contributed by atoms with Crippen LogP contribution >= 0.6 is 24.0 Å². The first-order chi connectivity index (χ1) is 14.9. The highest BCUT2D eigenvalue weighted by Gasteiger charge is 2.31. The molecule has 0 aromatic heterocycles. The number of nitrogens with zero attached hydrogens (tertiary/aromatic N) is 3. The molecule has 2 saturated heterocycles. The standard InChI is InChI=1S/C22H27F3N4O2.HI/c1-26-21(27-9-3-5-17-4-2-6-19(16-17)22(23,24)25)29-10-7-18(8-11-29)20(30)28-12-14-31-15-13-28;/h2,4,6,16,18H,7-15H2,1H3,(H,26,27);1H. The molecule has 0 aliphatic carbocycles. The van der Waals surface area contributed by atoms with Crippen LogP contribution in [0, 0.1) is 17.8 Å². The molecule has 0 unspecified atom stereocenters. The van der Waals surface area contributed by atoms with Gasteiger partial charge >= 0.3 is 6.18 Å². The molecule has 1 amide bonds. The van der Waals surface area contributed by atoms with Gasteiger partial charge in [0.2, 0.25) is 5.91 Å². The van der Waals surface area contributed by atoms with Crippen LogP contribution in [0.25, 0.3) is 0 Å². The Morgan fingerprint density at radius 2 is 1.88 bits per heavy atom. The second-order valence-corrected chi connectivity index (χ2v) is 7.48. The lowest BCUT2D eigenvalue weighted by molar-refractivity contribution is -0.141. The van der Waals surface area contributed by atoms with Gasteiger partial charge in [-0.1, -0.05) is 17.9 Å². The third-order valence-corrected chi connectivity index (χ3v) is 5.44. The SMILES string of the molecule is CN=C(NCC#Cc1cccc(C(F)(F)F)c1)N1CCC(C(=O)N2CCOCC2)CC1.I. The number of carbonyl (C=O) groups is 1. The number of piperidine rings is 1. The number of halogens is 4. The minimum absolute atomic E-state index is 0. The van der Waals surface area contributed by atoms with Crippen molar-refractivity contribution in [1.82, 2.24) is 15.1 Å². The number of morpholine rings is 1. The highest BCUT2D eigenvalue weighted by Crippen LogP contribution is 2.29. The molecule has 6 nitrogen and oxygen atoms in total. The molecule has 176 valence electrons. The quantitative estimate of drug-likeness (QED) is 0.260. The lowest BCUT2D eigenvalue weighted by atomic mass is 9.95. The molecular formula is C22H28F3IN4O2. The van der Waals surface area contributed by atoms with Gasteiger partial charge in [-0.3, -0.25) is 9.79 Å². The fourth-order valence-electron chi connectivity index (χ4n) is 3.76. The van der Waals surface area contributed by atoms with E-state index >= 15 is 0 Å². The molecule has 0 bridgehead atoms. The first kappa shape index (κ1) is 26.3. The zero-order chi connectivity index (χ0) is 22.3. The van der Waals surface area contributed by atoms with E-state index in [9.17, 15) is 18.0 Å². The number of aliphatic imine (C=N–C) groups is 1. The first-order valence-corrected chi connectivity index (χ1v) is 10.4. The fourth-order valence-corrected chi connectivity index (χ4v) is 3.76. The summed E-state index contributed by atoms with van der Waals surface area (Å²) in [6, 6.07) is 4.96. The van der Waals surface area contributed by atoms with Crippen molar-refractivity contribution >= 4 is 35.8 Å². The predicted molar refractivity (Wildman–Crippen MR) is 127 cm³/mol. The van der Waals surface area contributed by atoms with Gasteiger partial charge in [0.05, 0.1) is 25.3 Å². The number of amides is 1. The Balaban J connectivity index is 0.00000363. The number of hydrogen-bond donors (Lipinski definition) is 1. The van der Waals surface area contributed by atoms with Gasteiger partial charge in [-0.25, -0.2) is 0 Å². The largest absolute Gasteiger partial charge is 0.416 e. The fraction of sp³-hybridized carbons (Fsp3) is 0.545. The number of ether oxygens (including phenoxy) is 1. The number of carbonyl (C=O) groups excluding carboxylic acids is 1. The molecule has 32 heavy (non-hydrogen) atoms. The van der Waals surface area contributed by atoms with Crippen molar-refractivity contribution in [2.75, 3.05) is 53.0 Å². The number of rotatable bonds is 2. The molecule has 0 saturated carbocycles. The van der Waals surface area contributed by atoms with Crippen molar-refractivity contribution in [2.45, 2.75) is 19.0 Å². The summed E-state index contributed by atoms with van der Waals surface area (Å²) in [4.78, 5) is 20.9. The Kier molecular flexibility index (Phi) is 10.1. The molecule has 2 aliphatic rings. The van der Waals surface area contributed by atoms with E-state index in [0.29, 0.717) is 50.9 Å².